The van der Waals surface area contributed by atoms with E-state index in [0.29, 0.717) is 5.69 Å². The van der Waals surface area contributed by atoms with Crippen molar-refractivity contribution in [1.82, 2.24) is 9.97 Å². The molecule has 0 unspecified atom stereocenters. The molecular formula is C14H16N3O. The maximum Gasteiger partial charge on any atom is 0.115 e. The van der Waals surface area contributed by atoms with E-state index in [1.807, 2.05) is 45.0 Å². The van der Waals surface area contributed by atoms with Gasteiger partial charge < -0.3 is 0 Å². The molecule has 0 amide bonds. The third-order valence-corrected chi connectivity index (χ3v) is 2.58. The van der Waals surface area contributed by atoms with Crippen LogP contribution in [0.5, 0.6) is 0 Å². The maximum atomic E-state index is 12.1. The van der Waals surface area contributed by atoms with Gasteiger partial charge in [0.1, 0.15) is 6.33 Å². The fraction of sp³-hybridized carbons (Fsp3) is 0.286. The Morgan fingerprint density at radius 3 is 2.33 bits per heavy atom. The minimum absolute atomic E-state index is 0.453. The molecule has 0 saturated heterocycles. The SMILES string of the molecule is CC(C)(C)N([O])c1cccc(-c2cncnc2)c1. The van der Waals surface area contributed by atoms with Gasteiger partial charge in [-0.3, -0.25) is 0 Å². The molecule has 0 aliphatic rings. The molecule has 2 rings (SSSR count). The lowest BCUT2D eigenvalue weighted by molar-refractivity contribution is 0.102. The van der Waals surface area contributed by atoms with Gasteiger partial charge in [0.2, 0.25) is 0 Å². The van der Waals surface area contributed by atoms with Gasteiger partial charge in [-0.05, 0) is 38.5 Å². The Kier molecular flexibility index (Phi) is 3.30. The van der Waals surface area contributed by atoms with E-state index < -0.39 is 5.54 Å². The molecule has 4 heteroatoms. The quantitative estimate of drug-likeness (QED) is 0.760. The summed E-state index contributed by atoms with van der Waals surface area (Å²) in [6.07, 6.45) is 4.96. The fourth-order valence-corrected chi connectivity index (χ4v) is 1.65. The van der Waals surface area contributed by atoms with Crippen molar-refractivity contribution in [2.45, 2.75) is 26.3 Å². The molecule has 1 aromatic carbocycles. The number of nitrogens with zero attached hydrogens (tertiary/aromatic N) is 3. The van der Waals surface area contributed by atoms with Gasteiger partial charge in [-0.25, -0.2) is 15.0 Å². The minimum atomic E-state index is -0.453. The summed E-state index contributed by atoms with van der Waals surface area (Å²) in [5.41, 5.74) is 2.04. The lowest BCUT2D eigenvalue weighted by Gasteiger charge is -2.29. The van der Waals surface area contributed by atoms with Crippen LogP contribution in [-0.4, -0.2) is 15.5 Å². The van der Waals surface area contributed by atoms with Gasteiger partial charge in [-0.1, -0.05) is 17.3 Å². The molecule has 0 spiro atoms. The zero-order chi connectivity index (χ0) is 13.2. The van der Waals surface area contributed by atoms with E-state index in [1.165, 1.54) is 6.33 Å². The number of rotatable bonds is 2. The maximum absolute atomic E-state index is 12.1. The first-order valence-electron chi connectivity index (χ1n) is 5.81. The second-order valence-corrected chi connectivity index (χ2v) is 5.14. The van der Waals surface area contributed by atoms with Crippen LogP contribution >= 0.6 is 0 Å². The Morgan fingerprint density at radius 2 is 1.72 bits per heavy atom. The van der Waals surface area contributed by atoms with Crippen molar-refractivity contribution < 1.29 is 5.21 Å². The van der Waals surface area contributed by atoms with Gasteiger partial charge in [-0.2, -0.15) is 0 Å². The van der Waals surface area contributed by atoms with Gasteiger partial charge in [0.25, 0.3) is 0 Å². The number of benzene rings is 1. The van der Waals surface area contributed by atoms with Gasteiger partial charge in [0.05, 0.1) is 11.2 Å². The van der Waals surface area contributed by atoms with Crippen LogP contribution in [0.1, 0.15) is 20.8 Å². The largest absolute Gasteiger partial charge is 0.244 e. The van der Waals surface area contributed by atoms with Gasteiger partial charge in [0.15, 0.2) is 0 Å². The van der Waals surface area contributed by atoms with E-state index in [-0.39, 0.29) is 0 Å². The molecule has 1 aromatic heterocycles. The van der Waals surface area contributed by atoms with Crippen molar-refractivity contribution >= 4 is 5.69 Å². The van der Waals surface area contributed by atoms with Crippen molar-refractivity contribution in [2.24, 2.45) is 0 Å². The van der Waals surface area contributed by atoms with E-state index in [2.05, 4.69) is 9.97 Å². The molecule has 1 radical (unpaired) electrons. The average molecular weight is 242 g/mol. The van der Waals surface area contributed by atoms with E-state index in [9.17, 15) is 5.21 Å². The van der Waals surface area contributed by atoms with Crippen molar-refractivity contribution in [3.63, 3.8) is 0 Å². The molecule has 0 atom stereocenters. The van der Waals surface area contributed by atoms with Crippen LogP contribution in [0, 0.1) is 0 Å². The Balaban J connectivity index is 2.37. The van der Waals surface area contributed by atoms with Crippen LogP contribution in [0.4, 0.5) is 5.69 Å². The van der Waals surface area contributed by atoms with Crippen molar-refractivity contribution in [3.05, 3.63) is 43.0 Å². The van der Waals surface area contributed by atoms with Crippen LogP contribution in [0.3, 0.4) is 0 Å². The summed E-state index contributed by atoms with van der Waals surface area (Å²) >= 11 is 0. The van der Waals surface area contributed by atoms with Crippen LogP contribution in [0.15, 0.2) is 43.0 Å². The van der Waals surface area contributed by atoms with E-state index in [0.717, 1.165) is 16.2 Å². The number of anilines is 1. The van der Waals surface area contributed by atoms with Gasteiger partial charge in [-0.15, -0.1) is 0 Å². The number of hydrogen-bond donors (Lipinski definition) is 0. The van der Waals surface area contributed by atoms with Crippen molar-refractivity contribution in [3.8, 4) is 11.1 Å². The molecule has 0 aliphatic heterocycles. The van der Waals surface area contributed by atoms with Crippen LogP contribution in [0.2, 0.25) is 0 Å². The van der Waals surface area contributed by atoms with Crippen LogP contribution < -0.4 is 5.06 Å². The summed E-state index contributed by atoms with van der Waals surface area (Å²) in [4.78, 5) is 7.96. The zero-order valence-corrected chi connectivity index (χ0v) is 10.8. The first-order valence-corrected chi connectivity index (χ1v) is 5.81. The van der Waals surface area contributed by atoms with Gasteiger partial charge >= 0.3 is 0 Å². The number of aromatic nitrogens is 2. The molecule has 0 aliphatic carbocycles. The minimum Gasteiger partial charge on any atom is -0.244 e. The predicted octanol–water partition coefficient (Wildman–Crippen LogP) is 3.09. The molecule has 18 heavy (non-hydrogen) atoms. The predicted molar refractivity (Wildman–Crippen MR) is 70.4 cm³/mol. The normalized spacial score (nSPS) is 11.3. The standard InChI is InChI=1S/C14H16N3O/c1-14(2,3)17(18)13-6-4-5-11(7-13)12-8-15-10-16-9-12/h4-10H,1-3H3. The highest BCUT2D eigenvalue weighted by Crippen LogP contribution is 2.26. The molecule has 0 fully saturated rings. The molecule has 0 saturated carbocycles. The lowest BCUT2D eigenvalue weighted by atomic mass is 10.1. The molecule has 2 aromatic rings. The summed E-state index contributed by atoms with van der Waals surface area (Å²) in [5, 5.41) is 13.1. The molecular weight excluding hydrogens is 226 g/mol. The highest BCUT2D eigenvalue weighted by atomic mass is 16.5. The monoisotopic (exact) mass is 242 g/mol. The third kappa shape index (κ3) is 2.65. The third-order valence-electron chi connectivity index (χ3n) is 2.58. The number of hydrogen-bond acceptors (Lipinski definition) is 3. The Bertz CT molecular complexity index is 520. The lowest BCUT2D eigenvalue weighted by Crippen LogP contribution is -2.37. The Hall–Kier alpha value is -1.94. The fourth-order valence-electron chi connectivity index (χ4n) is 1.65. The van der Waals surface area contributed by atoms with Gasteiger partial charge in [0, 0.05) is 18.0 Å². The zero-order valence-electron chi connectivity index (χ0n) is 10.8. The topological polar surface area (TPSA) is 48.9 Å². The second kappa shape index (κ2) is 4.74. The summed E-state index contributed by atoms with van der Waals surface area (Å²) in [6, 6.07) is 7.48. The van der Waals surface area contributed by atoms with E-state index in [4.69, 9.17) is 0 Å². The smallest absolute Gasteiger partial charge is 0.115 e. The molecule has 93 valence electrons. The van der Waals surface area contributed by atoms with E-state index in [1.54, 1.807) is 12.4 Å². The summed E-state index contributed by atoms with van der Waals surface area (Å²) in [6.45, 7) is 5.66. The first kappa shape index (κ1) is 12.5. The van der Waals surface area contributed by atoms with Crippen molar-refractivity contribution in [1.29, 1.82) is 0 Å². The molecule has 1 heterocycles. The highest BCUT2D eigenvalue weighted by molar-refractivity contribution is 5.67. The summed E-state index contributed by atoms with van der Waals surface area (Å²) < 4.78 is 0. The first-order chi connectivity index (χ1) is 8.48. The molecule has 4 nitrogen and oxygen atoms in total. The second-order valence-electron chi connectivity index (χ2n) is 5.14. The van der Waals surface area contributed by atoms with E-state index >= 15 is 0 Å². The Labute approximate surface area is 107 Å². The molecule has 0 bridgehead atoms. The van der Waals surface area contributed by atoms with Crippen molar-refractivity contribution in [2.75, 3.05) is 5.06 Å². The Morgan fingerprint density at radius 1 is 1.06 bits per heavy atom. The van der Waals surface area contributed by atoms with Crippen LogP contribution in [-0.2, 0) is 5.21 Å². The average Bonchev–Trinajstić information content (AvgIpc) is 2.38. The molecule has 0 N–H and O–H groups in total. The highest BCUT2D eigenvalue weighted by Gasteiger charge is 2.21. The van der Waals surface area contributed by atoms with Crippen LogP contribution in [0.25, 0.3) is 11.1 Å². The number of hydroxylamine groups is 1. The summed E-state index contributed by atoms with van der Waals surface area (Å²) in [7, 11) is 0. The summed E-state index contributed by atoms with van der Waals surface area (Å²) in [5.74, 6) is 0.